The Bertz CT molecular complexity index is 364. The fourth-order valence-corrected chi connectivity index (χ4v) is 2.46. The van der Waals surface area contributed by atoms with Crippen molar-refractivity contribution in [2.45, 2.75) is 25.9 Å². The highest BCUT2D eigenvalue weighted by atomic mass is 15.3. The Hall–Kier alpha value is -1.20. The van der Waals surface area contributed by atoms with Crippen LogP contribution in [0.4, 0.5) is 5.95 Å². The standard InChI is InChI=1S/C13H23N5/c1-11-10-17(3)5-4-6-18(11)13-15-8-12(7-14-2)9-16-13/h8-9,11,14H,4-7,10H2,1-3H3. The summed E-state index contributed by atoms with van der Waals surface area (Å²) in [6.45, 7) is 6.32. The van der Waals surface area contributed by atoms with Crippen LogP contribution in [0, 0.1) is 0 Å². The molecule has 2 rings (SSSR count). The number of nitrogens with zero attached hydrogens (tertiary/aromatic N) is 4. The number of anilines is 1. The predicted octanol–water partition coefficient (Wildman–Crippen LogP) is 0.726. The number of likely N-dealkylation sites (N-methyl/N-ethyl adjacent to an activating group) is 1. The quantitative estimate of drug-likeness (QED) is 0.855. The maximum atomic E-state index is 4.49. The molecule has 0 aromatic carbocycles. The Morgan fingerprint density at radius 2 is 2.06 bits per heavy atom. The number of nitrogens with one attached hydrogen (secondary N) is 1. The zero-order chi connectivity index (χ0) is 13.0. The van der Waals surface area contributed by atoms with Crippen LogP contribution >= 0.6 is 0 Å². The molecule has 0 bridgehead atoms. The fraction of sp³-hybridized carbons (Fsp3) is 0.692. The van der Waals surface area contributed by atoms with Crippen molar-refractivity contribution in [3.8, 4) is 0 Å². The van der Waals surface area contributed by atoms with Crippen LogP contribution in [0.15, 0.2) is 12.4 Å². The van der Waals surface area contributed by atoms with Crippen LogP contribution in [0.3, 0.4) is 0 Å². The van der Waals surface area contributed by atoms with E-state index in [4.69, 9.17) is 0 Å². The van der Waals surface area contributed by atoms with Gasteiger partial charge in [-0.25, -0.2) is 9.97 Å². The van der Waals surface area contributed by atoms with Gasteiger partial charge in [0.2, 0.25) is 5.95 Å². The van der Waals surface area contributed by atoms with Crippen LogP contribution in [0.1, 0.15) is 18.9 Å². The molecule has 2 heterocycles. The van der Waals surface area contributed by atoms with E-state index in [2.05, 4.69) is 39.1 Å². The molecule has 0 radical (unpaired) electrons. The zero-order valence-electron chi connectivity index (χ0n) is 11.6. The van der Waals surface area contributed by atoms with Gasteiger partial charge in [-0.2, -0.15) is 0 Å². The van der Waals surface area contributed by atoms with Crippen LogP contribution in [-0.4, -0.2) is 54.6 Å². The molecule has 0 saturated carbocycles. The molecule has 5 heteroatoms. The average Bonchev–Trinajstić information content (AvgIpc) is 2.52. The van der Waals surface area contributed by atoms with Gasteiger partial charge in [-0.3, -0.25) is 0 Å². The average molecular weight is 249 g/mol. The van der Waals surface area contributed by atoms with E-state index in [0.29, 0.717) is 6.04 Å². The van der Waals surface area contributed by atoms with Crippen molar-refractivity contribution in [3.63, 3.8) is 0 Å². The third-order valence-electron chi connectivity index (χ3n) is 3.38. The minimum Gasteiger partial charge on any atom is -0.337 e. The molecule has 1 aromatic heterocycles. The molecule has 1 saturated heterocycles. The zero-order valence-corrected chi connectivity index (χ0v) is 11.6. The van der Waals surface area contributed by atoms with E-state index < -0.39 is 0 Å². The Labute approximate surface area is 109 Å². The molecule has 0 aliphatic carbocycles. The van der Waals surface area contributed by atoms with Crippen molar-refractivity contribution < 1.29 is 0 Å². The number of hydrogen-bond donors (Lipinski definition) is 1. The summed E-state index contributed by atoms with van der Waals surface area (Å²) in [5.74, 6) is 0.859. The molecule has 18 heavy (non-hydrogen) atoms. The van der Waals surface area contributed by atoms with Crippen molar-refractivity contribution >= 4 is 5.95 Å². The van der Waals surface area contributed by atoms with Gasteiger partial charge in [-0.05, 0) is 34.0 Å². The maximum absolute atomic E-state index is 4.49. The van der Waals surface area contributed by atoms with Gasteiger partial charge in [0.05, 0.1) is 0 Å². The van der Waals surface area contributed by atoms with Crippen LogP contribution in [-0.2, 0) is 6.54 Å². The molecule has 100 valence electrons. The van der Waals surface area contributed by atoms with Gasteiger partial charge >= 0.3 is 0 Å². The minimum absolute atomic E-state index is 0.465. The van der Waals surface area contributed by atoms with Crippen molar-refractivity contribution in [1.29, 1.82) is 0 Å². The molecule has 1 fully saturated rings. The molecule has 1 atom stereocenters. The highest BCUT2D eigenvalue weighted by Crippen LogP contribution is 2.15. The van der Waals surface area contributed by atoms with Gasteiger partial charge in [0, 0.05) is 43.6 Å². The summed E-state index contributed by atoms with van der Waals surface area (Å²) in [6.07, 6.45) is 5.00. The number of aromatic nitrogens is 2. The van der Waals surface area contributed by atoms with Gasteiger partial charge in [0.1, 0.15) is 0 Å². The Kier molecular flexibility index (Phi) is 4.49. The molecule has 1 aliphatic rings. The van der Waals surface area contributed by atoms with Crippen molar-refractivity contribution in [1.82, 2.24) is 20.2 Å². The second kappa shape index (κ2) is 6.11. The summed E-state index contributed by atoms with van der Waals surface area (Å²) < 4.78 is 0. The smallest absolute Gasteiger partial charge is 0.225 e. The molecule has 0 spiro atoms. The van der Waals surface area contributed by atoms with Crippen LogP contribution in [0.2, 0.25) is 0 Å². The molecule has 1 N–H and O–H groups in total. The van der Waals surface area contributed by atoms with Crippen molar-refractivity contribution in [2.24, 2.45) is 0 Å². The number of rotatable bonds is 3. The second-order valence-electron chi connectivity index (χ2n) is 5.08. The van der Waals surface area contributed by atoms with E-state index in [1.807, 2.05) is 19.4 Å². The highest BCUT2D eigenvalue weighted by Gasteiger charge is 2.21. The molecular weight excluding hydrogens is 226 g/mol. The van der Waals surface area contributed by atoms with Crippen LogP contribution in [0.5, 0.6) is 0 Å². The molecular formula is C13H23N5. The van der Waals surface area contributed by atoms with Crippen molar-refractivity contribution in [3.05, 3.63) is 18.0 Å². The third-order valence-corrected chi connectivity index (χ3v) is 3.38. The first-order chi connectivity index (χ1) is 8.70. The Balaban J connectivity index is 2.09. The third kappa shape index (κ3) is 3.17. The summed E-state index contributed by atoms with van der Waals surface area (Å²) in [5, 5.41) is 3.11. The first-order valence-electron chi connectivity index (χ1n) is 6.61. The maximum Gasteiger partial charge on any atom is 0.225 e. The van der Waals surface area contributed by atoms with E-state index in [-0.39, 0.29) is 0 Å². The van der Waals surface area contributed by atoms with E-state index >= 15 is 0 Å². The minimum atomic E-state index is 0.465. The summed E-state index contributed by atoms with van der Waals surface area (Å²) in [6, 6.07) is 0.465. The number of hydrogen-bond acceptors (Lipinski definition) is 5. The molecule has 1 aromatic rings. The molecule has 1 aliphatic heterocycles. The SMILES string of the molecule is CNCc1cnc(N2CCCN(C)CC2C)nc1. The van der Waals surface area contributed by atoms with E-state index in [1.165, 1.54) is 6.42 Å². The lowest BCUT2D eigenvalue weighted by molar-refractivity contribution is 0.337. The summed E-state index contributed by atoms with van der Waals surface area (Å²) in [4.78, 5) is 13.7. The summed E-state index contributed by atoms with van der Waals surface area (Å²) >= 11 is 0. The predicted molar refractivity (Wildman–Crippen MR) is 73.7 cm³/mol. The van der Waals surface area contributed by atoms with Gasteiger partial charge < -0.3 is 15.1 Å². The van der Waals surface area contributed by atoms with E-state index in [1.54, 1.807) is 0 Å². The summed E-state index contributed by atoms with van der Waals surface area (Å²) in [5.41, 5.74) is 1.13. The molecule has 1 unspecified atom stereocenters. The van der Waals surface area contributed by atoms with Crippen LogP contribution < -0.4 is 10.2 Å². The van der Waals surface area contributed by atoms with Gasteiger partial charge in [0.25, 0.3) is 0 Å². The lowest BCUT2D eigenvalue weighted by Crippen LogP contribution is -2.38. The lowest BCUT2D eigenvalue weighted by Gasteiger charge is -2.27. The van der Waals surface area contributed by atoms with Crippen molar-refractivity contribution in [2.75, 3.05) is 38.6 Å². The lowest BCUT2D eigenvalue weighted by atomic mass is 10.3. The highest BCUT2D eigenvalue weighted by molar-refractivity contribution is 5.32. The second-order valence-corrected chi connectivity index (χ2v) is 5.08. The van der Waals surface area contributed by atoms with E-state index in [9.17, 15) is 0 Å². The fourth-order valence-electron chi connectivity index (χ4n) is 2.46. The first-order valence-corrected chi connectivity index (χ1v) is 6.61. The molecule has 0 amide bonds. The Morgan fingerprint density at radius 3 is 2.72 bits per heavy atom. The van der Waals surface area contributed by atoms with Gasteiger partial charge in [0.15, 0.2) is 0 Å². The van der Waals surface area contributed by atoms with Gasteiger partial charge in [-0.1, -0.05) is 0 Å². The Morgan fingerprint density at radius 1 is 1.33 bits per heavy atom. The first kappa shape index (κ1) is 13.2. The van der Waals surface area contributed by atoms with E-state index in [0.717, 1.165) is 37.7 Å². The normalized spacial score (nSPS) is 21.9. The topological polar surface area (TPSA) is 44.3 Å². The monoisotopic (exact) mass is 249 g/mol. The summed E-state index contributed by atoms with van der Waals surface area (Å²) in [7, 11) is 4.11. The molecule has 5 nitrogen and oxygen atoms in total. The van der Waals surface area contributed by atoms with Crippen LogP contribution in [0.25, 0.3) is 0 Å². The largest absolute Gasteiger partial charge is 0.337 e. The van der Waals surface area contributed by atoms with Gasteiger partial charge in [-0.15, -0.1) is 0 Å².